The predicted molar refractivity (Wildman–Crippen MR) is 99.3 cm³/mol. The van der Waals surface area contributed by atoms with Crippen molar-refractivity contribution in [2.45, 2.75) is 45.4 Å². The van der Waals surface area contributed by atoms with Crippen LogP contribution in [-0.2, 0) is 0 Å². The quantitative estimate of drug-likeness (QED) is 0.298. The lowest BCUT2D eigenvalue weighted by atomic mass is 9.99. The van der Waals surface area contributed by atoms with Crippen molar-refractivity contribution < 1.29 is 14.5 Å². The molecule has 0 saturated carbocycles. The highest BCUT2D eigenvalue weighted by molar-refractivity contribution is 6.27. The fourth-order valence-electron chi connectivity index (χ4n) is 3.54. The lowest BCUT2D eigenvalue weighted by molar-refractivity contribution is -0.383. The molecule has 0 radical (unpaired) electrons. The zero-order valence-corrected chi connectivity index (χ0v) is 14.9. The van der Waals surface area contributed by atoms with Crippen LogP contribution in [0.2, 0.25) is 0 Å². The van der Waals surface area contributed by atoms with Gasteiger partial charge in [-0.3, -0.25) is 24.6 Å². The van der Waals surface area contributed by atoms with Crippen LogP contribution in [0, 0.1) is 10.1 Å². The van der Waals surface area contributed by atoms with Crippen molar-refractivity contribution in [1.29, 1.82) is 0 Å². The average molecular weight is 354 g/mol. The summed E-state index contributed by atoms with van der Waals surface area (Å²) in [5, 5.41) is 12.1. The Balaban J connectivity index is 1.83. The second-order valence-electron chi connectivity index (χ2n) is 6.65. The molecule has 6 nitrogen and oxygen atoms in total. The molecule has 136 valence electrons. The van der Waals surface area contributed by atoms with Crippen LogP contribution in [0.4, 0.5) is 5.69 Å². The lowest BCUT2D eigenvalue weighted by Crippen LogP contribution is -2.30. The summed E-state index contributed by atoms with van der Waals surface area (Å²) in [6.45, 7) is 2.56. The SMILES string of the molecule is CCCCCCCCN1C(=O)c2ccc3c([N+](=O)[O-])cccc3c2C1=O. The first kappa shape index (κ1) is 18.0. The van der Waals surface area contributed by atoms with Gasteiger partial charge in [0.25, 0.3) is 17.5 Å². The molecule has 2 amide bonds. The Hall–Kier alpha value is -2.76. The van der Waals surface area contributed by atoms with E-state index in [1.807, 2.05) is 0 Å². The molecule has 1 heterocycles. The van der Waals surface area contributed by atoms with Gasteiger partial charge in [-0.2, -0.15) is 0 Å². The number of benzene rings is 2. The second-order valence-corrected chi connectivity index (χ2v) is 6.65. The molecule has 0 fully saturated rings. The van der Waals surface area contributed by atoms with Crippen LogP contribution in [0.3, 0.4) is 0 Å². The number of rotatable bonds is 8. The van der Waals surface area contributed by atoms with Gasteiger partial charge in [-0.1, -0.05) is 51.2 Å². The number of hydrogen-bond donors (Lipinski definition) is 0. The Morgan fingerprint density at radius 3 is 2.38 bits per heavy atom. The molecule has 2 aromatic carbocycles. The fraction of sp³-hybridized carbons (Fsp3) is 0.400. The summed E-state index contributed by atoms with van der Waals surface area (Å²) >= 11 is 0. The predicted octanol–water partition coefficient (Wildman–Crippen LogP) is 4.70. The minimum atomic E-state index is -0.468. The molecule has 1 aliphatic heterocycles. The van der Waals surface area contributed by atoms with Gasteiger partial charge in [0.15, 0.2) is 0 Å². The fourth-order valence-corrected chi connectivity index (χ4v) is 3.54. The van der Waals surface area contributed by atoms with Crippen molar-refractivity contribution in [1.82, 2.24) is 4.90 Å². The molecule has 1 aliphatic rings. The molecule has 0 atom stereocenters. The molecule has 3 rings (SSSR count). The number of hydrogen-bond acceptors (Lipinski definition) is 4. The number of carbonyl (C=O) groups is 2. The highest BCUT2D eigenvalue weighted by atomic mass is 16.6. The molecule has 0 aliphatic carbocycles. The van der Waals surface area contributed by atoms with Crippen molar-refractivity contribution in [3.63, 3.8) is 0 Å². The number of nitro benzene ring substituents is 1. The van der Waals surface area contributed by atoms with Gasteiger partial charge in [0.1, 0.15) is 0 Å². The van der Waals surface area contributed by atoms with Crippen molar-refractivity contribution in [2.75, 3.05) is 6.54 Å². The van der Waals surface area contributed by atoms with E-state index in [1.54, 1.807) is 18.2 Å². The summed E-state index contributed by atoms with van der Waals surface area (Å²) in [6, 6.07) is 7.72. The maximum absolute atomic E-state index is 12.8. The molecule has 0 spiro atoms. The second kappa shape index (κ2) is 7.64. The summed E-state index contributed by atoms with van der Waals surface area (Å²) in [4.78, 5) is 37.4. The smallest absolute Gasteiger partial charge is 0.274 e. The number of non-ortho nitro benzene ring substituents is 1. The Bertz CT molecular complexity index is 875. The van der Waals surface area contributed by atoms with E-state index in [-0.39, 0.29) is 17.5 Å². The molecular weight excluding hydrogens is 332 g/mol. The summed E-state index contributed by atoms with van der Waals surface area (Å²) in [7, 11) is 0. The summed E-state index contributed by atoms with van der Waals surface area (Å²) < 4.78 is 0. The maximum Gasteiger partial charge on any atom is 0.277 e. The Kier molecular flexibility index (Phi) is 5.30. The van der Waals surface area contributed by atoms with E-state index in [0.717, 1.165) is 19.3 Å². The lowest BCUT2D eigenvalue weighted by Gasteiger charge is -2.13. The molecule has 6 heteroatoms. The van der Waals surface area contributed by atoms with Crippen LogP contribution in [0.1, 0.15) is 66.2 Å². The highest BCUT2D eigenvalue weighted by Crippen LogP contribution is 2.34. The molecular formula is C20H22N2O4. The number of nitro groups is 1. The number of unbranched alkanes of at least 4 members (excludes halogenated alkanes) is 5. The monoisotopic (exact) mass is 354 g/mol. The van der Waals surface area contributed by atoms with Gasteiger partial charge < -0.3 is 0 Å². The van der Waals surface area contributed by atoms with E-state index in [1.165, 1.54) is 36.3 Å². The van der Waals surface area contributed by atoms with Crippen molar-refractivity contribution in [3.8, 4) is 0 Å². The van der Waals surface area contributed by atoms with Crippen LogP contribution < -0.4 is 0 Å². The van der Waals surface area contributed by atoms with E-state index in [0.29, 0.717) is 28.4 Å². The molecule has 0 aromatic heterocycles. The third kappa shape index (κ3) is 3.19. The number of amides is 2. The zero-order chi connectivity index (χ0) is 18.7. The van der Waals surface area contributed by atoms with Gasteiger partial charge >= 0.3 is 0 Å². The maximum atomic E-state index is 12.8. The first-order valence-electron chi connectivity index (χ1n) is 9.12. The normalized spacial score (nSPS) is 13.5. The number of fused-ring (bicyclic) bond motifs is 3. The molecule has 0 saturated heterocycles. The molecule has 2 aromatic rings. The standard InChI is InChI=1S/C20H22N2O4/c1-2-3-4-5-6-7-13-21-19(23)16-12-11-14-15(18(16)20(21)24)9-8-10-17(14)22(25)26/h8-12H,2-7,13H2,1H3. The van der Waals surface area contributed by atoms with Crippen LogP contribution in [0.5, 0.6) is 0 Å². The molecule has 0 N–H and O–H groups in total. The van der Waals surface area contributed by atoms with Crippen molar-refractivity contribution >= 4 is 28.3 Å². The molecule has 0 unspecified atom stereocenters. The summed E-state index contributed by atoms with van der Waals surface area (Å²) in [6.07, 6.45) is 6.43. The minimum absolute atomic E-state index is 0.0556. The highest BCUT2D eigenvalue weighted by Gasteiger charge is 2.37. The van der Waals surface area contributed by atoms with Crippen LogP contribution in [0.25, 0.3) is 10.8 Å². The van der Waals surface area contributed by atoms with E-state index in [2.05, 4.69) is 6.92 Å². The number of nitrogens with zero attached hydrogens (tertiary/aromatic N) is 2. The Morgan fingerprint density at radius 2 is 1.65 bits per heavy atom. The van der Waals surface area contributed by atoms with Gasteiger partial charge in [-0.15, -0.1) is 0 Å². The van der Waals surface area contributed by atoms with E-state index >= 15 is 0 Å². The summed E-state index contributed by atoms with van der Waals surface area (Å²) in [5.74, 6) is -0.642. The Morgan fingerprint density at radius 1 is 0.923 bits per heavy atom. The Labute approximate surface area is 151 Å². The van der Waals surface area contributed by atoms with E-state index < -0.39 is 4.92 Å². The topological polar surface area (TPSA) is 80.5 Å². The van der Waals surface area contributed by atoms with Gasteiger partial charge in [-0.25, -0.2) is 0 Å². The average Bonchev–Trinajstić information content (AvgIpc) is 2.88. The first-order chi connectivity index (χ1) is 12.6. The van der Waals surface area contributed by atoms with Gasteiger partial charge in [-0.05, 0) is 18.6 Å². The third-order valence-electron chi connectivity index (χ3n) is 4.90. The molecule has 26 heavy (non-hydrogen) atoms. The first-order valence-corrected chi connectivity index (χ1v) is 9.12. The third-order valence-corrected chi connectivity index (χ3v) is 4.90. The zero-order valence-electron chi connectivity index (χ0n) is 14.9. The molecule has 0 bridgehead atoms. The van der Waals surface area contributed by atoms with Gasteiger partial charge in [0.05, 0.1) is 21.4 Å². The van der Waals surface area contributed by atoms with Crippen LogP contribution >= 0.6 is 0 Å². The van der Waals surface area contributed by atoms with Crippen molar-refractivity contribution in [2.24, 2.45) is 0 Å². The van der Waals surface area contributed by atoms with Crippen molar-refractivity contribution in [3.05, 3.63) is 51.6 Å². The van der Waals surface area contributed by atoms with Gasteiger partial charge in [0, 0.05) is 18.0 Å². The van der Waals surface area contributed by atoms with E-state index in [4.69, 9.17) is 0 Å². The number of carbonyl (C=O) groups excluding carboxylic acids is 2. The van der Waals surface area contributed by atoms with Crippen LogP contribution in [0.15, 0.2) is 30.3 Å². The van der Waals surface area contributed by atoms with Crippen LogP contribution in [-0.4, -0.2) is 28.2 Å². The largest absolute Gasteiger partial charge is 0.277 e. The number of imide groups is 1. The minimum Gasteiger partial charge on any atom is -0.274 e. The summed E-state index contributed by atoms with van der Waals surface area (Å²) in [5.41, 5.74) is 0.580. The van der Waals surface area contributed by atoms with Gasteiger partial charge in [0.2, 0.25) is 0 Å². The van der Waals surface area contributed by atoms with E-state index in [9.17, 15) is 19.7 Å².